The van der Waals surface area contributed by atoms with Gasteiger partial charge < -0.3 is 9.84 Å². The van der Waals surface area contributed by atoms with Crippen LogP contribution in [0.15, 0.2) is 35.5 Å². The molecule has 0 aromatic carbocycles. The molecule has 1 N–H and O–H groups in total. The standard InChI is InChI=1S/C12H14N4O/c1-3-6-13-8-10-15-12(16-17-10)11-9(2)5-4-7-14-11/h3-5,7,13H,1,6,8H2,2H3. The van der Waals surface area contributed by atoms with Crippen LogP contribution in [-0.4, -0.2) is 21.7 Å². The summed E-state index contributed by atoms with van der Waals surface area (Å²) in [4.78, 5) is 8.51. The van der Waals surface area contributed by atoms with Gasteiger partial charge in [-0.15, -0.1) is 6.58 Å². The van der Waals surface area contributed by atoms with Gasteiger partial charge in [0.2, 0.25) is 11.7 Å². The van der Waals surface area contributed by atoms with Gasteiger partial charge in [-0.2, -0.15) is 4.98 Å². The summed E-state index contributed by atoms with van der Waals surface area (Å²) in [6.07, 6.45) is 3.49. The summed E-state index contributed by atoms with van der Waals surface area (Å²) in [5.74, 6) is 1.07. The molecular formula is C12H14N4O. The van der Waals surface area contributed by atoms with Crippen molar-refractivity contribution in [2.24, 2.45) is 0 Å². The van der Waals surface area contributed by atoms with Crippen molar-refractivity contribution in [1.82, 2.24) is 20.4 Å². The summed E-state index contributed by atoms with van der Waals surface area (Å²) in [6.45, 7) is 6.83. The molecule has 0 atom stereocenters. The highest BCUT2D eigenvalue weighted by molar-refractivity contribution is 5.52. The Morgan fingerprint density at radius 2 is 2.41 bits per heavy atom. The molecule has 2 aromatic rings. The maximum Gasteiger partial charge on any atom is 0.240 e. The van der Waals surface area contributed by atoms with Gasteiger partial charge in [-0.25, -0.2) is 0 Å². The van der Waals surface area contributed by atoms with Gasteiger partial charge in [-0.3, -0.25) is 4.98 Å². The van der Waals surface area contributed by atoms with Crippen molar-refractivity contribution in [2.45, 2.75) is 13.5 Å². The van der Waals surface area contributed by atoms with E-state index in [1.165, 1.54) is 0 Å². The van der Waals surface area contributed by atoms with E-state index in [-0.39, 0.29) is 0 Å². The molecule has 2 rings (SSSR count). The first kappa shape index (κ1) is 11.5. The summed E-state index contributed by atoms with van der Waals surface area (Å²) >= 11 is 0. The Labute approximate surface area is 99.6 Å². The van der Waals surface area contributed by atoms with E-state index >= 15 is 0 Å². The molecule has 0 bridgehead atoms. The summed E-state index contributed by atoms with van der Waals surface area (Å²) < 4.78 is 5.12. The number of nitrogens with zero attached hydrogens (tertiary/aromatic N) is 3. The Balaban J connectivity index is 2.13. The third-order valence-electron chi connectivity index (χ3n) is 2.25. The van der Waals surface area contributed by atoms with Crippen molar-refractivity contribution < 1.29 is 4.52 Å². The van der Waals surface area contributed by atoms with E-state index in [1.807, 2.05) is 19.1 Å². The first-order chi connectivity index (χ1) is 8.31. The molecule has 0 amide bonds. The van der Waals surface area contributed by atoms with E-state index < -0.39 is 0 Å². The van der Waals surface area contributed by atoms with Gasteiger partial charge in [0.15, 0.2) is 0 Å². The summed E-state index contributed by atoms with van der Waals surface area (Å²) in [7, 11) is 0. The van der Waals surface area contributed by atoms with Gasteiger partial charge in [0.05, 0.1) is 6.54 Å². The number of aryl methyl sites for hydroxylation is 1. The lowest BCUT2D eigenvalue weighted by atomic mass is 10.2. The molecule has 88 valence electrons. The second-order valence-corrected chi connectivity index (χ2v) is 3.60. The number of pyridine rings is 1. The van der Waals surface area contributed by atoms with E-state index in [2.05, 4.69) is 27.0 Å². The highest BCUT2D eigenvalue weighted by Gasteiger charge is 2.10. The van der Waals surface area contributed by atoms with Crippen molar-refractivity contribution in [3.05, 3.63) is 42.4 Å². The number of nitrogens with one attached hydrogen (secondary N) is 1. The van der Waals surface area contributed by atoms with Crippen LogP contribution in [0.4, 0.5) is 0 Å². The molecule has 2 heterocycles. The molecule has 0 unspecified atom stereocenters. The Hall–Kier alpha value is -2.01. The molecule has 0 fully saturated rings. The Morgan fingerprint density at radius 1 is 1.53 bits per heavy atom. The SMILES string of the molecule is C=CCNCc1nc(-c2ncccc2C)no1. The topological polar surface area (TPSA) is 63.8 Å². The zero-order valence-electron chi connectivity index (χ0n) is 9.68. The second kappa shape index (κ2) is 5.36. The molecule has 0 saturated heterocycles. The van der Waals surface area contributed by atoms with E-state index in [9.17, 15) is 0 Å². The molecular weight excluding hydrogens is 216 g/mol. The molecule has 5 heteroatoms. The van der Waals surface area contributed by atoms with Crippen LogP contribution in [-0.2, 0) is 6.54 Å². The van der Waals surface area contributed by atoms with Crippen LogP contribution in [0.5, 0.6) is 0 Å². The van der Waals surface area contributed by atoms with Gasteiger partial charge >= 0.3 is 0 Å². The van der Waals surface area contributed by atoms with Crippen molar-refractivity contribution in [1.29, 1.82) is 0 Å². The minimum Gasteiger partial charge on any atom is -0.337 e. The van der Waals surface area contributed by atoms with Gasteiger partial charge in [-0.1, -0.05) is 17.3 Å². The quantitative estimate of drug-likeness (QED) is 0.625. The van der Waals surface area contributed by atoms with Crippen molar-refractivity contribution in [3.63, 3.8) is 0 Å². The zero-order chi connectivity index (χ0) is 12.1. The number of hydrogen-bond acceptors (Lipinski definition) is 5. The molecule has 17 heavy (non-hydrogen) atoms. The summed E-state index contributed by atoms with van der Waals surface area (Å²) in [5, 5.41) is 7.01. The fourth-order valence-corrected chi connectivity index (χ4v) is 1.42. The summed E-state index contributed by atoms with van der Waals surface area (Å²) in [6, 6.07) is 3.85. The minimum atomic E-state index is 0.526. The van der Waals surface area contributed by atoms with E-state index in [4.69, 9.17) is 4.52 Å². The molecule has 0 aliphatic carbocycles. The van der Waals surface area contributed by atoms with E-state index in [1.54, 1.807) is 12.3 Å². The molecule has 0 aliphatic heterocycles. The predicted octanol–water partition coefficient (Wildman–Crippen LogP) is 1.72. The lowest BCUT2D eigenvalue weighted by molar-refractivity contribution is 0.370. The highest BCUT2D eigenvalue weighted by atomic mass is 16.5. The highest BCUT2D eigenvalue weighted by Crippen LogP contribution is 2.16. The van der Waals surface area contributed by atoms with Gasteiger partial charge in [0, 0.05) is 12.7 Å². The average Bonchev–Trinajstić information content (AvgIpc) is 2.79. The Morgan fingerprint density at radius 3 is 3.18 bits per heavy atom. The van der Waals surface area contributed by atoms with Crippen molar-refractivity contribution >= 4 is 0 Å². The maximum atomic E-state index is 5.12. The Bertz CT molecular complexity index is 507. The smallest absolute Gasteiger partial charge is 0.240 e. The lowest BCUT2D eigenvalue weighted by Gasteiger charge is -1.97. The van der Waals surface area contributed by atoms with Crippen LogP contribution >= 0.6 is 0 Å². The van der Waals surface area contributed by atoms with Crippen LogP contribution in [0.1, 0.15) is 11.5 Å². The van der Waals surface area contributed by atoms with Gasteiger partial charge in [0.1, 0.15) is 5.69 Å². The van der Waals surface area contributed by atoms with Crippen LogP contribution in [0.3, 0.4) is 0 Å². The average molecular weight is 230 g/mol. The maximum absolute atomic E-state index is 5.12. The molecule has 0 spiro atoms. The van der Waals surface area contributed by atoms with Crippen LogP contribution < -0.4 is 5.32 Å². The number of rotatable bonds is 5. The third kappa shape index (κ3) is 2.76. The first-order valence-electron chi connectivity index (χ1n) is 5.37. The predicted molar refractivity (Wildman–Crippen MR) is 64.2 cm³/mol. The number of hydrogen-bond donors (Lipinski definition) is 1. The molecule has 0 saturated carbocycles. The zero-order valence-corrected chi connectivity index (χ0v) is 9.68. The molecule has 0 aliphatic rings. The van der Waals surface area contributed by atoms with Crippen LogP contribution in [0.25, 0.3) is 11.5 Å². The van der Waals surface area contributed by atoms with Crippen LogP contribution in [0, 0.1) is 6.92 Å². The fourth-order valence-electron chi connectivity index (χ4n) is 1.42. The lowest BCUT2D eigenvalue weighted by Crippen LogP contribution is -2.12. The van der Waals surface area contributed by atoms with Crippen LogP contribution in [0.2, 0.25) is 0 Å². The van der Waals surface area contributed by atoms with E-state index in [0.29, 0.717) is 24.8 Å². The normalized spacial score (nSPS) is 10.4. The molecule has 0 radical (unpaired) electrons. The second-order valence-electron chi connectivity index (χ2n) is 3.60. The third-order valence-corrected chi connectivity index (χ3v) is 2.25. The molecule has 2 aromatic heterocycles. The summed E-state index contributed by atoms with van der Waals surface area (Å²) in [5.41, 5.74) is 1.78. The van der Waals surface area contributed by atoms with Crippen molar-refractivity contribution in [3.8, 4) is 11.5 Å². The largest absolute Gasteiger partial charge is 0.337 e. The van der Waals surface area contributed by atoms with Gasteiger partial charge in [0.25, 0.3) is 0 Å². The first-order valence-corrected chi connectivity index (χ1v) is 5.37. The number of aromatic nitrogens is 3. The minimum absolute atomic E-state index is 0.526. The molecule has 5 nitrogen and oxygen atoms in total. The van der Waals surface area contributed by atoms with E-state index in [0.717, 1.165) is 11.3 Å². The van der Waals surface area contributed by atoms with Gasteiger partial charge in [-0.05, 0) is 18.6 Å². The monoisotopic (exact) mass is 230 g/mol. The fraction of sp³-hybridized carbons (Fsp3) is 0.250. The van der Waals surface area contributed by atoms with Crippen molar-refractivity contribution in [2.75, 3.05) is 6.54 Å². The Kier molecular flexibility index (Phi) is 3.62.